The molecule has 8 heteroatoms. The molecule has 1 heterocycles. The van der Waals surface area contributed by atoms with Gasteiger partial charge in [-0.1, -0.05) is 37.3 Å². The summed E-state index contributed by atoms with van der Waals surface area (Å²) < 4.78 is 60.0. The van der Waals surface area contributed by atoms with E-state index in [4.69, 9.17) is 4.74 Å². The maximum atomic E-state index is 13.9. The highest BCUT2D eigenvalue weighted by Gasteiger charge is 2.45. The number of aromatic hydroxyl groups is 1. The molecule has 0 radical (unpaired) electrons. The van der Waals surface area contributed by atoms with Crippen LogP contribution in [0.15, 0.2) is 48.7 Å². The molecule has 3 aromatic rings. The molecule has 0 amide bonds. The van der Waals surface area contributed by atoms with Crippen LogP contribution in [-0.2, 0) is 16.1 Å². The van der Waals surface area contributed by atoms with Crippen molar-refractivity contribution >= 4 is 16.7 Å². The highest BCUT2D eigenvalue weighted by molar-refractivity contribution is 5.88. The average Bonchev–Trinajstić information content (AvgIpc) is 3.00. The summed E-state index contributed by atoms with van der Waals surface area (Å²) in [5.41, 5.74) is 0.854. The van der Waals surface area contributed by atoms with Gasteiger partial charge in [0.25, 0.3) is 0 Å². The van der Waals surface area contributed by atoms with E-state index >= 15 is 0 Å². The van der Waals surface area contributed by atoms with Crippen LogP contribution in [0.5, 0.6) is 5.88 Å². The third-order valence-electron chi connectivity index (χ3n) is 5.10. The van der Waals surface area contributed by atoms with Crippen LogP contribution in [0, 0.1) is 11.7 Å². The fraction of sp³-hybridized carbons (Fsp3) is 0.318. The van der Waals surface area contributed by atoms with Crippen LogP contribution in [0.1, 0.15) is 30.9 Å². The number of esters is 1. The summed E-state index contributed by atoms with van der Waals surface area (Å²) >= 11 is 0. The van der Waals surface area contributed by atoms with Crippen molar-refractivity contribution in [2.45, 2.75) is 32.5 Å². The number of rotatable bonds is 6. The minimum Gasteiger partial charge on any atom is -0.494 e. The van der Waals surface area contributed by atoms with Crippen LogP contribution < -0.4 is 0 Å². The lowest BCUT2D eigenvalue weighted by atomic mass is 9.86. The lowest BCUT2D eigenvalue weighted by Gasteiger charge is -2.25. The Bertz CT molecular complexity index is 1040. The number of carbonyl (C=O) groups excluding carboxylic acids is 1. The maximum Gasteiger partial charge on any atom is 0.392 e. The van der Waals surface area contributed by atoms with Crippen LogP contribution in [0.3, 0.4) is 0 Å². The fourth-order valence-electron chi connectivity index (χ4n) is 3.43. The Morgan fingerprint density at radius 2 is 1.80 bits per heavy atom. The van der Waals surface area contributed by atoms with E-state index in [0.717, 1.165) is 6.92 Å². The minimum atomic E-state index is -4.56. The second-order valence-corrected chi connectivity index (χ2v) is 7.08. The van der Waals surface area contributed by atoms with Crippen LogP contribution >= 0.6 is 0 Å². The number of nitrogens with zero attached hydrogens (tertiary/aromatic N) is 1. The van der Waals surface area contributed by atoms with Gasteiger partial charge in [-0.25, -0.2) is 4.39 Å². The van der Waals surface area contributed by atoms with Gasteiger partial charge < -0.3 is 14.4 Å². The van der Waals surface area contributed by atoms with Gasteiger partial charge >= 0.3 is 12.1 Å². The number of fused-ring (bicyclic) bond motifs is 1. The standard InChI is InChI=1S/C22H21F4NO3/c1-3-30-21(29)19(13(2)22(24,25)26)15-9-7-14(8-10-15)11-27-12-17-16(20(27)28)5-4-6-18(17)23/h4-10,12-13,19,28H,3,11H2,1-2H3. The van der Waals surface area contributed by atoms with E-state index in [9.17, 15) is 27.5 Å². The van der Waals surface area contributed by atoms with Crippen LogP contribution in [-0.4, -0.2) is 28.4 Å². The van der Waals surface area contributed by atoms with Gasteiger partial charge in [-0.05, 0) is 30.2 Å². The van der Waals surface area contributed by atoms with Crippen molar-refractivity contribution in [2.75, 3.05) is 6.61 Å². The summed E-state index contributed by atoms with van der Waals surface area (Å²) in [6.07, 6.45) is -3.09. The fourth-order valence-corrected chi connectivity index (χ4v) is 3.43. The summed E-state index contributed by atoms with van der Waals surface area (Å²) in [7, 11) is 0. The predicted molar refractivity (Wildman–Crippen MR) is 104 cm³/mol. The lowest BCUT2D eigenvalue weighted by molar-refractivity contribution is -0.185. The molecule has 0 fully saturated rings. The topological polar surface area (TPSA) is 51.5 Å². The van der Waals surface area contributed by atoms with Gasteiger partial charge in [0.05, 0.1) is 25.0 Å². The van der Waals surface area contributed by atoms with Gasteiger partial charge in [-0.2, -0.15) is 13.2 Å². The van der Waals surface area contributed by atoms with Gasteiger partial charge in [-0.15, -0.1) is 0 Å². The first kappa shape index (κ1) is 21.7. The van der Waals surface area contributed by atoms with Crippen molar-refractivity contribution in [2.24, 2.45) is 5.92 Å². The Morgan fingerprint density at radius 1 is 1.13 bits per heavy atom. The largest absolute Gasteiger partial charge is 0.494 e. The van der Waals surface area contributed by atoms with Crippen molar-refractivity contribution in [3.63, 3.8) is 0 Å². The molecule has 0 bridgehead atoms. The summed E-state index contributed by atoms with van der Waals surface area (Å²) in [6, 6.07) is 10.4. The molecule has 0 spiro atoms. The van der Waals surface area contributed by atoms with Crippen LogP contribution in [0.4, 0.5) is 17.6 Å². The highest BCUT2D eigenvalue weighted by Crippen LogP contribution is 2.38. The molecule has 0 saturated carbocycles. The van der Waals surface area contributed by atoms with E-state index in [1.54, 1.807) is 18.2 Å². The molecule has 3 rings (SSSR count). The van der Waals surface area contributed by atoms with Crippen LogP contribution in [0.2, 0.25) is 0 Å². The number of halogens is 4. The zero-order chi connectivity index (χ0) is 22.1. The number of benzene rings is 2. The SMILES string of the molecule is CCOC(=O)C(c1ccc(Cn2cc3c(F)cccc3c2O)cc1)C(C)C(F)(F)F. The predicted octanol–water partition coefficient (Wildman–Crippen LogP) is 5.38. The van der Waals surface area contributed by atoms with Crippen molar-refractivity contribution in [1.29, 1.82) is 0 Å². The molecule has 2 atom stereocenters. The number of ether oxygens (including phenoxy) is 1. The van der Waals surface area contributed by atoms with Crippen LogP contribution in [0.25, 0.3) is 10.8 Å². The molecular weight excluding hydrogens is 402 g/mol. The Labute approximate surface area is 170 Å². The second kappa shape index (κ2) is 8.38. The Hall–Kier alpha value is -3.03. The molecule has 160 valence electrons. The Balaban J connectivity index is 1.88. The third-order valence-corrected chi connectivity index (χ3v) is 5.10. The summed E-state index contributed by atoms with van der Waals surface area (Å²) in [4.78, 5) is 12.2. The van der Waals surface area contributed by atoms with Gasteiger partial charge in [0.1, 0.15) is 5.82 Å². The number of aromatic nitrogens is 1. The van der Waals surface area contributed by atoms with Gasteiger partial charge in [0, 0.05) is 17.0 Å². The van der Waals surface area contributed by atoms with Gasteiger partial charge in [-0.3, -0.25) is 4.79 Å². The van der Waals surface area contributed by atoms with E-state index in [1.165, 1.54) is 42.0 Å². The third kappa shape index (κ3) is 4.27. The number of hydrogen-bond donors (Lipinski definition) is 1. The summed E-state index contributed by atoms with van der Waals surface area (Å²) in [5.74, 6) is -4.89. The number of hydrogen-bond acceptors (Lipinski definition) is 3. The molecule has 0 aliphatic rings. The summed E-state index contributed by atoms with van der Waals surface area (Å²) in [6.45, 7) is 2.65. The first-order chi connectivity index (χ1) is 14.1. The number of alkyl halides is 3. The van der Waals surface area contributed by atoms with E-state index < -0.39 is 29.8 Å². The average molecular weight is 423 g/mol. The molecular formula is C22H21F4NO3. The summed E-state index contributed by atoms with van der Waals surface area (Å²) in [5, 5.41) is 11.0. The van der Waals surface area contributed by atoms with Crippen molar-refractivity contribution in [1.82, 2.24) is 4.57 Å². The highest BCUT2D eigenvalue weighted by atomic mass is 19.4. The maximum absolute atomic E-state index is 13.9. The Morgan fingerprint density at radius 3 is 2.37 bits per heavy atom. The van der Waals surface area contributed by atoms with E-state index in [-0.39, 0.29) is 30.0 Å². The molecule has 2 aromatic carbocycles. The zero-order valence-electron chi connectivity index (χ0n) is 16.4. The van der Waals surface area contributed by atoms with Crippen molar-refractivity contribution in [3.8, 4) is 5.88 Å². The van der Waals surface area contributed by atoms with Crippen molar-refractivity contribution in [3.05, 3.63) is 65.6 Å². The monoisotopic (exact) mass is 423 g/mol. The lowest BCUT2D eigenvalue weighted by Crippen LogP contribution is -2.32. The molecule has 2 unspecified atom stereocenters. The normalized spacial score (nSPS) is 13.9. The smallest absolute Gasteiger partial charge is 0.392 e. The molecule has 0 aliphatic heterocycles. The first-order valence-corrected chi connectivity index (χ1v) is 9.42. The molecule has 1 N–H and O–H groups in total. The number of carbonyl (C=O) groups is 1. The van der Waals surface area contributed by atoms with E-state index in [0.29, 0.717) is 10.9 Å². The second-order valence-electron chi connectivity index (χ2n) is 7.08. The van der Waals surface area contributed by atoms with Gasteiger partial charge in [0.2, 0.25) is 0 Å². The first-order valence-electron chi connectivity index (χ1n) is 9.42. The van der Waals surface area contributed by atoms with Crippen molar-refractivity contribution < 1.29 is 32.2 Å². The minimum absolute atomic E-state index is 0.0188. The quantitative estimate of drug-likeness (QED) is 0.428. The molecule has 0 aliphatic carbocycles. The zero-order valence-corrected chi connectivity index (χ0v) is 16.4. The molecule has 1 aromatic heterocycles. The van der Waals surface area contributed by atoms with E-state index in [2.05, 4.69) is 0 Å². The molecule has 4 nitrogen and oxygen atoms in total. The van der Waals surface area contributed by atoms with Gasteiger partial charge in [0.15, 0.2) is 5.88 Å². The van der Waals surface area contributed by atoms with E-state index in [1.807, 2.05) is 0 Å². The molecule has 30 heavy (non-hydrogen) atoms. The Kier molecular flexibility index (Phi) is 6.05. The molecule has 0 saturated heterocycles.